The standard InChI is InChI=1S/C39H78/c1-18-20-22-37(21-19-2)35(15)33(13)31(11)29(9)27(7)25(5)26(6)28(8)30(10)32(12)34(14)36(16)38-23-39(38,17)24(3)4/h24-38H,18-23H2,1-17H3. The van der Waals surface area contributed by atoms with Gasteiger partial charge in [-0.1, -0.05) is 150 Å². The van der Waals surface area contributed by atoms with Gasteiger partial charge in [0.2, 0.25) is 0 Å². The largest absolute Gasteiger partial charge is 0.0654 e. The van der Waals surface area contributed by atoms with Gasteiger partial charge in [0, 0.05) is 0 Å². The summed E-state index contributed by atoms with van der Waals surface area (Å²) in [4.78, 5) is 0. The summed E-state index contributed by atoms with van der Waals surface area (Å²) >= 11 is 0. The molecule has 1 fully saturated rings. The smallest absolute Gasteiger partial charge is 0.0269 e. The van der Waals surface area contributed by atoms with E-state index in [2.05, 4.69) is 118 Å². The van der Waals surface area contributed by atoms with Gasteiger partial charge in [0.1, 0.15) is 0 Å². The average Bonchev–Trinajstić information content (AvgIpc) is 3.62. The lowest BCUT2D eigenvalue weighted by Gasteiger charge is -2.43. The molecule has 0 spiro atoms. The molecule has 0 saturated heterocycles. The quantitative estimate of drug-likeness (QED) is 0.151. The van der Waals surface area contributed by atoms with Crippen LogP contribution in [0.4, 0.5) is 0 Å². The van der Waals surface area contributed by atoms with Crippen molar-refractivity contribution in [3.63, 3.8) is 0 Å². The highest BCUT2D eigenvalue weighted by molar-refractivity contribution is 5.04. The van der Waals surface area contributed by atoms with Crippen LogP contribution in [0.3, 0.4) is 0 Å². The van der Waals surface area contributed by atoms with Crippen molar-refractivity contribution in [1.82, 2.24) is 0 Å². The summed E-state index contributed by atoms with van der Waals surface area (Å²) in [5.41, 5.74) is 0.591. The first-order chi connectivity index (χ1) is 18.0. The molecule has 0 heteroatoms. The molecule has 0 bridgehead atoms. The molecule has 0 aromatic carbocycles. The first-order valence-electron chi connectivity index (χ1n) is 18.0. The van der Waals surface area contributed by atoms with Crippen LogP contribution in [0.5, 0.6) is 0 Å². The van der Waals surface area contributed by atoms with E-state index in [1.807, 2.05) is 0 Å². The van der Waals surface area contributed by atoms with E-state index >= 15 is 0 Å². The lowest BCUT2D eigenvalue weighted by Crippen LogP contribution is -2.36. The van der Waals surface area contributed by atoms with Crippen molar-refractivity contribution in [2.75, 3.05) is 0 Å². The topological polar surface area (TPSA) is 0 Å². The van der Waals surface area contributed by atoms with Crippen molar-refractivity contribution >= 4 is 0 Å². The molecule has 0 heterocycles. The molecule has 15 unspecified atom stereocenters. The van der Waals surface area contributed by atoms with E-state index in [1.165, 1.54) is 38.5 Å². The molecule has 0 radical (unpaired) electrons. The molecule has 1 aliphatic carbocycles. The first kappa shape index (κ1) is 37.0. The van der Waals surface area contributed by atoms with Gasteiger partial charge in [0.05, 0.1) is 0 Å². The van der Waals surface area contributed by atoms with E-state index in [1.54, 1.807) is 0 Å². The van der Waals surface area contributed by atoms with Crippen LogP contribution in [0, 0.1) is 94.2 Å². The third-order valence-corrected chi connectivity index (χ3v) is 14.8. The molecule has 1 rings (SSSR count). The van der Waals surface area contributed by atoms with Crippen LogP contribution >= 0.6 is 0 Å². The third kappa shape index (κ3) is 8.99. The maximum absolute atomic E-state index is 2.59. The number of hydrogen-bond donors (Lipinski definition) is 0. The van der Waals surface area contributed by atoms with E-state index in [0.717, 1.165) is 88.8 Å². The molecule has 0 aromatic heterocycles. The molecule has 39 heavy (non-hydrogen) atoms. The minimum absolute atomic E-state index is 0.591. The second-order valence-electron chi connectivity index (χ2n) is 16.5. The van der Waals surface area contributed by atoms with E-state index in [4.69, 9.17) is 0 Å². The van der Waals surface area contributed by atoms with Crippen molar-refractivity contribution in [2.24, 2.45) is 94.2 Å². The SMILES string of the molecule is CCCCC(CCC)C(C)C(C)C(C)C(C)C(C)C(C)C(C)C(C)C(C)C(C)C(C)C(C)C1CC1(C)C(C)C. The van der Waals surface area contributed by atoms with Gasteiger partial charge in [0.25, 0.3) is 0 Å². The Balaban J connectivity index is 2.82. The maximum Gasteiger partial charge on any atom is -0.0269 e. The van der Waals surface area contributed by atoms with Crippen molar-refractivity contribution in [1.29, 1.82) is 0 Å². The second-order valence-corrected chi connectivity index (χ2v) is 16.5. The molecule has 234 valence electrons. The van der Waals surface area contributed by atoms with E-state index < -0.39 is 0 Å². The van der Waals surface area contributed by atoms with Gasteiger partial charge in [-0.15, -0.1) is 0 Å². The Bertz CT molecular complexity index is 663. The third-order valence-electron chi connectivity index (χ3n) is 14.8. The summed E-state index contributed by atoms with van der Waals surface area (Å²) in [5.74, 6) is 12.1. The Kier molecular flexibility index (Phi) is 15.2. The van der Waals surface area contributed by atoms with Crippen LogP contribution in [-0.2, 0) is 0 Å². The zero-order chi connectivity index (χ0) is 30.4. The van der Waals surface area contributed by atoms with Crippen LogP contribution in [-0.4, -0.2) is 0 Å². The number of hydrogen-bond acceptors (Lipinski definition) is 0. The molecule has 1 saturated carbocycles. The summed E-state index contributed by atoms with van der Waals surface area (Å²) in [6.45, 7) is 43.2. The summed E-state index contributed by atoms with van der Waals surface area (Å²) in [5, 5.41) is 0. The predicted molar refractivity (Wildman–Crippen MR) is 179 cm³/mol. The van der Waals surface area contributed by atoms with Crippen LogP contribution < -0.4 is 0 Å². The van der Waals surface area contributed by atoms with Gasteiger partial charge in [-0.3, -0.25) is 0 Å². The van der Waals surface area contributed by atoms with E-state index in [-0.39, 0.29) is 0 Å². The Morgan fingerprint density at radius 1 is 0.487 bits per heavy atom. The van der Waals surface area contributed by atoms with Crippen molar-refractivity contribution < 1.29 is 0 Å². The Morgan fingerprint density at radius 2 is 0.846 bits per heavy atom. The Hall–Kier alpha value is 0. The fraction of sp³-hybridized carbons (Fsp3) is 1.00. The summed E-state index contributed by atoms with van der Waals surface area (Å²) < 4.78 is 0. The molecule has 0 aliphatic heterocycles. The van der Waals surface area contributed by atoms with Crippen LogP contribution in [0.15, 0.2) is 0 Å². The van der Waals surface area contributed by atoms with Gasteiger partial charge >= 0.3 is 0 Å². The predicted octanol–water partition coefficient (Wildman–Crippen LogP) is 12.9. The van der Waals surface area contributed by atoms with Gasteiger partial charge in [-0.25, -0.2) is 0 Å². The molecule has 0 amide bonds. The molecule has 0 N–H and O–H groups in total. The van der Waals surface area contributed by atoms with Gasteiger partial charge in [-0.2, -0.15) is 0 Å². The second kappa shape index (κ2) is 16.0. The summed E-state index contributed by atoms with van der Waals surface area (Å²) in [6.07, 6.45) is 8.37. The molecule has 1 aliphatic rings. The monoisotopic (exact) mass is 547 g/mol. The molecular formula is C39H78. The molecule has 15 atom stereocenters. The highest BCUT2D eigenvalue weighted by atomic mass is 14.6. The first-order valence-corrected chi connectivity index (χ1v) is 18.0. The van der Waals surface area contributed by atoms with Crippen LogP contribution in [0.1, 0.15) is 156 Å². The van der Waals surface area contributed by atoms with Crippen molar-refractivity contribution in [3.8, 4) is 0 Å². The highest BCUT2D eigenvalue weighted by Crippen LogP contribution is 2.62. The normalized spacial score (nSPS) is 29.8. The Labute approximate surface area is 250 Å². The van der Waals surface area contributed by atoms with E-state index in [9.17, 15) is 0 Å². The fourth-order valence-corrected chi connectivity index (χ4v) is 8.96. The van der Waals surface area contributed by atoms with Gasteiger partial charge < -0.3 is 0 Å². The highest BCUT2D eigenvalue weighted by Gasteiger charge is 2.55. The van der Waals surface area contributed by atoms with Crippen LogP contribution in [0.2, 0.25) is 0 Å². The zero-order valence-electron chi connectivity index (χ0n) is 30.4. The lowest BCUT2D eigenvalue weighted by atomic mass is 9.63. The lowest BCUT2D eigenvalue weighted by molar-refractivity contribution is 0.0590. The van der Waals surface area contributed by atoms with E-state index in [0.29, 0.717) is 5.41 Å². The molecular weight excluding hydrogens is 468 g/mol. The minimum atomic E-state index is 0.591. The van der Waals surface area contributed by atoms with Gasteiger partial charge in [0.15, 0.2) is 0 Å². The number of unbranched alkanes of at least 4 members (excludes halogenated alkanes) is 1. The zero-order valence-corrected chi connectivity index (χ0v) is 30.4. The fourth-order valence-electron chi connectivity index (χ4n) is 8.96. The van der Waals surface area contributed by atoms with Crippen LogP contribution in [0.25, 0.3) is 0 Å². The van der Waals surface area contributed by atoms with Gasteiger partial charge in [-0.05, 0) is 101 Å². The van der Waals surface area contributed by atoms with Crippen molar-refractivity contribution in [3.05, 3.63) is 0 Å². The Morgan fingerprint density at radius 3 is 1.15 bits per heavy atom. The molecule has 0 aromatic rings. The number of rotatable bonds is 19. The minimum Gasteiger partial charge on any atom is -0.0654 e. The summed E-state index contributed by atoms with van der Waals surface area (Å²) in [6, 6.07) is 0. The summed E-state index contributed by atoms with van der Waals surface area (Å²) in [7, 11) is 0. The molecule has 0 nitrogen and oxygen atoms in total. The van der Waals surface area contributed by atoms with Crippen molar-refractivity contribution in [2.45, 2.75) is 156 Å². The maximum atomic E-state index is 2.59. The average molecular weight is 547 g/mol.